The van der Waals surface area contributed by atoms with E-state index < -0.39 is 0 Å². The summed E-state index contributed by atoms with van der Waals surface area (Å²) in [4.78, 5) is 14.8. The van der Waals surface area contributed by atoms with Crippen LogP contribution in [0.3, 0.4) is 0 Å². The first-order valence-corrected chi connectivity index (χ1v) is 9.41. The Labute approximate surface area is 142 Å². The minimum Gasteiger partial charge on any atom is -0.496 e. The van der Waals surface area contributed by atoms with Gasteiger partial charge >= 0.3 is 0 Å². The van der Waals surface area contributed by atoms with Crippen LogP contribution in [-0.2, 0) is 4.79 Å². The van der Waals surface area contributed by atoms with Gasteiger partial charge in [-0.3, -0.25) is 15.0 Å². The predicted octanol–water partition coefficient (Wildman–Crippen LogP) is 1.61. The highest BCUT2D eigenvalue weighted by Crippen LogP contribution is 2.31. The summed E-state index contributed by atoms with van der Waals surface area (Å²) in [6.45, 7) is 2.79. The number of carbonyl (C=O) groups is 1. The molecule has 126 valence electrons. The molecule has 2 heterocycles. The van der Waals surface area contributed by atoms with Crippen LogP contribution in [0.4, 0.5) is 0 Å². The standard InChI is InChI=1S/C17H25N3O2S/c1-22-16-7-3-2-6-13(16)15(20-8-4-5-9-20)10-18-17(21)14-11-23-12-19-14/h2-3,6-7,14-15,19H,4-5,8-12H2,1H3,(H,18,21). The van der Waals surface area contributed by atoms with E-state index in [0.29, 0.717) is 6.54 Å². The number of carbonyl (C=O) groups excluding carboxylic acids is 1. The molecule has 5 nitrogen and oxygen atoms in total. The molecule has 3 rings (SSSR count). The molecule has 0 spiro atoms. The van der Waals surface area contributed by atoms with Crippen molar-refractivity contribution in [3.8, 4) is 5.75 Å². The smallest absolute Gasteiger partial charge is 0.238 e. The molecule has 2 N–H and O–H groups in total. The van der Waals surface area contributed by atoms with Crippen molar-refractivity contribution < 1.29 is 9.53 Å². The summed E-state index contributed by atoms with van der Waals surface area (Å²) in [7, 11) is 1.71. The molecule has 0 radical (unpaired) electrons. The number of rotatable bonds is 6. The van der Waals surface area contributed by atoms with Gasteiger partial charge in [0.1, 0.15) is 5.75 Å². The zero-order valence-electron chi connectivity index (χ0n) is 13.6. The van der Waals surface area contributed by atoms with Gasteiger partial charge in [0, 0.05) is 23.7 Å². The quantitative estimate of drug-likeness (QED) is 0.827. The van der Waals surface area contributed by atoms with E-state index in [0.717, 1.165) is 36.0 Å². The number of amides is 1. The third kappa shape index (κ3) is 4.00. The Hall–Kier alpha value is -1.24. The van der Waals surface area contributed by atoms with Crippen LogP contribution in [0, 0.1) is 0 Å². The number of benzene rings is 1. The van der Waals surface area contributed by atoms with Crippen LogP contribution in [0.1, 0.15) is 24.4 Å². The van der Waals surface area contributed by atoms with E-state index in [1.807, 2.05) is 18.2 Å². The molecule has 2 atom stereocenters. The van der Waals surface area contributed by atoms with Crippen molar-refractivity contribution in [1.29, 1.82) is 0 Å². The molecular formula is C17H25N3O2S. The van der Waals surface area contributed by atoms with Crippen molar-refractivity contribution in [2.24, 2.45) is 0 Å². The fourth-order valence-corrected chi connectivity index (χ4v) is 4.26. The van der Waals surface area contributed by atoms with E-state index in [4.69, 9.17) is 4.74 Å². The number of ether oxygens (including phenoxy) is 1. The number of nitrogens with zero attached hydrogens (tertiary/aromatic N) is 1. The van der Waals surface area contributed by atoms with Crippen LogP contribution in [0.25, 0.3) is 0 Å². The lowest BCUT2D eigenvalue weighted by Crippen LogP contribution is -2.45. The number of likely N-dealkylation sites (tertiary alicyclic amines) is 1. The predicted molar refractivity (Wildman–Crippen MR) is 93.8 cm³/mol. The van der Waals surface area contributed by atoms with Crippen LogP contribution >= 0.6 is 11.8 Å². The van der Waals surface area contributed by atoms with Gasteiger partial charge in [-0.1, -0.05) is 18.2 Å². The lowest BCUT2D eigenvalue weighted by Gasteiger charge is -2.29. The maximum atomic E-state index is 12.3. The second-order valence-electron chi connectivity index (χ2n) is 6.02. The average molecular weight is 335 g/mol. The fraction of sp³-hybridized carbons (Fsp3) is 0.588. The molecule has 1 amide bonds. The van der Waals surface area contributed by atoms with E-state index in [2.05, 4.69) is 21.6 Å². The number of thioether (sulfide) groups is 1. The van der Waals surface area contributed by atoms with Crippen LogP contribution in [-0.4, -0.2) is 55.2 Å². The second-order valence-corrected chi connectivity index (χ2v) is 7.05. The molecule has 1 aromatic carbocycles. The van der Waals surface area contributed by atoms with Gasteiger partial charge < -0.3 is 10.1 Å². The highest BCUT2D eigenvalue weighted by molar-refractivity contribution is 7.99. The highest BCUT2D eigenvalue weighted by Gasteiger charge is 2.28. The molecular weight excluding hydrogens is 310 g/mol. The largest absolute Gasteiger partial charge is 0.496 e. The van der Waals surface area contributed by atoms with Gasteiger partial charge in [-0.15, -0.1) is 11.8 Å². The molecule has 2 aliphatic rings. The van der Waals surface area contributed by atoms with Gasteiger partial charge in [0.15, 0.2) is 0 Å². The Kier molecular flexibility index (Phi) is 5.80. The summed E-state index contributed by atoms with van der Waals surface area (Å²) < 4.78 is 5.54. The number of hydrogen-bond donors (Lipinski definition) is 2. The van der Waals surface area contributed by atoms with Crippen molar-refractivity contribution in [1.82, 2.24) is 15.5 Å². The molecule has 6 heteroatoms. The molecule has 2 saturated heterocycles. The zero-order chi connectivity index (χ0) is 16.1. The fourth-order valence-electron chi connectivity index (χ4n) is 3.31. The van der Waals surface area contributed by atoms with Crippen LogP contribution < -0.4 is 15.4 Å². The minimum atomic E-state index is -0.0584. The van der Waals surface area contributed by atoms with Gasteiger partial charge in [0.05, 0.1) is 19.2 Å². The van der Waals surface area contributed by atoms with Crippen molar-refractivity contribution in [3.63, 3.8) is 0 Å². The Morgan fingerprint density at radius 3 is 2.91 bits per heavy atom. The van der Waals surface area contributed by atoms with Crippen molar-refractivity contribution in [3.05, 3.63) is 29.8 Å². The monoisotopic (exact) mass is 335 g/mol. The molecule has 0 saturated carbocycles. The molecule has 0 bridgehead atoms. The first-order valence-electron chi connectivity index (χ1n) is 8.25. The summed E-state index contributed by atoms with van der Waals surface area (Å²) in [5.74, 6) is 2.72. The number of para-hydroxylation sites is 1. The molecule has 2 unspecified atom stereocenters. The summed E-state index contributed by atoms with van der Waals surface area (Å²) in [6, 6.07) is 8.25. The van der Waals surface area contributed by atoms with Gasteiger partial charge in [0.25, 0.3) is 0 Å². The Balaban J connectivity index is 1.71. The summed E-state index contributed by atoms with van der Waals surface area (Å²) in [5.41, 5.74) is 1.16. The lowest BCUT2D eigenvalue weighted by molar-refractivity contribution is -0.122. The van der Waals surface area contributed by atoms with Gasteiger partial charge in [-0.25, -0.2) is 0 Å². The normalized spacial score (nSPS) is 22.9. The van der Waals surface area contributed by atoms with Crippen molar-refractivity contribution >= 4 is 17.7 Å². The summed E-state index contributed by atoms with van der Waals surface area (Å²) in [5, 5.41) is 6.36. The third-order valence-corrected chi connectivity index (χ3v) is 5.52. The Morgan fingerprint density at radius 2 is 2.22 bits per heavy atom. The topological polar surface area (TPSA) is 53.6 Å². The van der Waals surface area contributed by atoms with Gasteiger partial charge in [-0.2, -0.15) is 0 Å². The van der Waals surface area contributed by atoms with Crippen LogP contribution in [0.15, 0.2) is 24.3 Å². The van der Waals surface area contributed by atoms with Gasteiger partial charge in [0.2, 0.25) is 5.91 Å². The number of nitrogens with one attached hydrogen (secondary N) is 2. The lowest BCUT2D eigenvalue weighted by atomic mass is 10.0. The zero-order valence-corrected chi connectivity index (χ0v) is 14.4. The van der Waals surface area contributed by atoms with E-state index in [9.17, 15) is 4.79 Å². The van der Waals surface area contributed by atoms with Crippen molar-refractivity contribution in [2.75, 3.05) is 38.4 Å². The van der Waals surface area contributed by atoms with E-state index in [-0.39, 0.29) is 18.0 Å². The first-order chi connectivity index (χ1) is 11.3. The SMILES string of the molecule is COc1ccccc1C(CNC(=O)C1CSCN1)N1CCCC1. The number of hydrogen-bond acceptors (Lipinski definition) is 5. The highest BCUT2D eigenvalue weighted by atomic mass is 32.2. The summed E-state index contributed by atoms with van der Waals surface area (Å²) >= 11 is 1.77. The minimum absolute atomic E-state index is 0.0584. The van der Waals surface area contributed by atoms with Crippen LogP contribution in [0.5, 0.6) is 5.75 Å². The van der Waals surface area contributed by atoms with Gasteiger partial charge in [-0.05, 0) is 32.0 Å². The van der Waals surface area contributed by atoms with E-state index in [1.54, 1.807) is 18.9 Å². The molecule has 1 aromatic rings. The molecule has 0 aromatic heterocycles. The Morgan fingerprint density at radius 1 is 1.43 bits per heavy atom. The average Bonchev–Trinajstić information content (AvgIpc) is 3.29. The molecule has 2 fully saturated rings. The van der Waals surface area contributed by atoms with E-state index in [1.165, 1.54) is 12.8 Å². The maximum Gasteiger partial charge on any atom is 0.238 e. The number of methoxy groups -OCH3 is 1. The first kappa shape index (κ1) is 16.6. The van der Waals surface area contributed by atoms with Crippen molar-refractivity contribution in [2.45, 2.75) is 24.9 Å². The second kappa shape index (κ2) is 8.04. The molecule has 2 aliphatic heterocycles. The van der Waals surface area contributed by atoms with Crippen LogP contribution in [0.2, 0.25) is 0 Å². The van der Waals surface area contributed by atoms with E-state index >= 15 is 0 Å². The third-order valence-electron chi connectivity index (χ3n) is 4.58. The Bertz CT molecular complexity index is 528. The summed E-state index contributed by atoms with van der Waals surface area (Å²) in [6.07, 6.45) is 2.45. The molecule has 23 heavy (non-hydrogen) atoms. The molecule has 0 aliphatic carbocycles. The maximum absolute atomic E-state index is 12.3.